The number of rotatable bonds is 1. The van der Waals surface area contributed by atoms with Gasteiger partial charge >= 0.3 is 0 Å². The van der Waals surface area contributed by atoms with E-state index < -0.39 is 0 Å². The molecule has 0 aliphatic heterocycles. The summed E-state index contributed by atoms with van der Waals surface area (Å²) in [7, 11) is 0. The Labute approximate surface area is 97.2 Å². The molecule has 0 fully saturated rings. The van der Waals surface area contributed by atoms with Crippen LogP contribution in [-0.4, -0.2) is 9.38 Å². The van der Waals surface area contributed by atoms with E-state index in [0.29, 0.717) is 5.82 Å². The maximum absolute atomic E-state index is 6.09. The summed E-state index contributed by atoms with van der Waals surface area (Å²) in [6.45, 7) is 2.06. The zero-order valence-corrected chi connectivity index (χ0v) is 9.66. The van der Waals surface area contributed by atoms with Crippen molar-refractivity contribution in [1.29, 1.82) is 0 Å². The van der Waals surface area contributed by atoms with Gasteiger partial charge in [-0.05, 0) is 6.92 Å². The van der Waals surface area contributed by atoms with E-state index >= 15 is 0 Å². The topological polar surface area (TPSA) is 43.3 Å². The van der Waals surface area contributed by atoms with Crippen LogP contribution in [0.15, 0.2) is 36.5 Å². The normalized spacial score (nSPS) is 11.1. The van der Waals surface area contributed by atoms with Crippen LogP contribution in [0.25, 0.3) is 16.2 Å². The summed E-state index contributed by atoms with van der Waals surface area (Å²) >= 11 is 1.65. The van der Waals surface area contributed by atoms with Crippen molar-refractivity contribution in [3.05, 3.63) is 41.4 Å². The number of hydrogen-bond acceptors (Lipinski definition) is 3. The molecule has 80 valence electrons. The summed E-state index contributed by atoms with van der Waals surface area (Å²) in [6, 6.07) is 10.0. The van der Waals surface area contributed by atoms with Gasteiger partial charge in [0.15, 0.2) is 4.96 Å². The van der Waals surface area contributed by atoms with Crippen LogP contribution in [-0.2, 0) is 0 Å². The second-order valence-electron chi connectivity index (χ2n) is 3.71. The van der Waals surface area contributed by atoms with E-state index in [0.717, 1.165) is 16.2 Å². The Morgan fingerprint density at radius 1 is 1.25 bits per heavy atom. The number of fused-ring (bicyclic) bond motifs is 1. The van der Waals surface area contributed by atoms with Gasteiger partial charge in [0.2, 0.25) is 0 Å². The van der Waals surface area contributed by atoms with Crippen molar-refractivity contribution in [3.63, 3.8) is 0 Å². The van der Waals surface area contributed by atoms with E-state index in [1.165, 1.54) is 4.88 Å². The van der Waals surface area contributed by atoms with Gasteiger partial charge in [-0.15, -0.1) is 11.3 Å². The lowest BCUT2D eigenvalue weighted by Gasteiger charge is -1.97. The fourth-order valence-corrected chi connectivity index (χ4v) is 2.61. The molecule has 16 heavy (non-hydrogen) atoms. The minimum Gasteiger partial charge on any atom is -0.383 e. The summed E-state index contributed by atoms with van der Waals surface area (Å²) in [5, 5.41) is 0. The van der Waals surface area contributed by atoms with Crippen LogP contribution in [0, 0.1) is 6.92 Å². The maximum Gasteiger partial charge on any atom is 0.196 e. The van der Waals surface area contributed by atoms with Gasteiger partial charge < -0.3 is 5.73 Å². The predicted octanol–water partition coefficient (Wildman–Crippen LogP) is 2.95. The second kappa shape index (κ2) is 3.35. The Morgan fingerprint density at radius 3 is 2.69 bits per heavy atom. The number of aryl methyl sites for hydroxylation is 1. The van der Waals surface area contributed by atoms with E-state index in [-0.39, 0.29) is 0 Å². The molecule has 0 radical (unpaired) electrons. The highest BCUT2D eigenvalue weighted by atomic mass is 32.1. The monoisotopic (exact) mass is 229 g/mol. The van der Waals surface area contributed by atoms with Crippen molar-refractivity contribution in [2.75, 3.05) is 5.73 Å². The van der Waals surface area contributed by atoms with Crippen molar-refractivity contribution in [2.45, 2.75) is 6.92 Å². The summed E-state index contributed by atoms with van der Waals surface area (Å²) in [5.41, 5.74) is 8.02. The number of nitrogen functional groups attached to an aromatic ring is 1. The molecule has 3 nitrogen and oxygen atoms in total. The third-order valence-electron chi connectivity index (χ3n) is 2.53. The number of thiazole rings is 1. The summed E-state index contributed by atoms with van der Waals surface area (Å²) in [4.78, 5) is 6.73. The molecule has 0 saturated carbocycles. The smallest absolute Gasteiger partial charge is 0.196 e. The van der Waals surface area contributed by atoms with E-state index in [2.05, 4.69) is 11.9 Å². The van der Waals surface area contributed by atoms with Gasteiger partial charge in [0.25, 0.3) is 0 Å². The first kappa shape index (κ1) is 9.42. The minimum atomic E-state index is 0.713. The fraction of sp³-hybridized carbons (Fsp3) is 0.0833. The van der Waals surface area contributed by atoms with Gasteiger partial charge in [0, 0.05) is 16.6 Å². The number of nitrogens with two attached hydrogens (primary N) is 1. The quantitative estimate of drug-likeness (QED) is 0.697. The Morgan fingerprint density at radius 2 is 2.00 bits per heavy atom. The molecule has 2 heterocycles. The largest absolute Gasteiger partial charge is 0.383 e. The average Bonchev–Trinajstić information content (AvgIpc) is 2.79. The van der Waals surface area contributed by atoms with Crippen LogP contribution < -0.4 is 5.73 Å². The number of benzene rings is 1. The third-order valence-corrected chi connectivity index (χ3v) is 3.42. The molecule has 1 aromatic carbocycles. The number of aromatic nitrogens is 2. The van der Waals surface area contributed by atoms with Crippen molar-refractivity contribution in [1.82, 2.24) is 9.38 Å². The summed E-state index contributed by atoms with van der Waals surface area (Å²) in [6.07, 6.45) is 2.02. The fourth-order valence-electron chi connectivity index (χ4n) is 1.78. The van der Waals surface area contributed by atoms with Gasteiger partial charge in [0.05, 0.1) is 0 Å². The highest BCUT2D eigenvalue weighted by molar-refractivity contribution is 7.17. The molecule has 0 aliphatic rings. The maximum atomic E-state index is 6.09. The lowest BCUT2D eigenvalue weighted by Crippen LogP contribution is -1.92. The van der Waals surface area contributed by atoms with Crippen molar-refractivity contribution < 1.29 is 0 Å². The minimum absolute atomic E-state index is 0.713. The molecular formula is C12H11N3S. The van der Waals surface area contributed by atoms with E-state index in [4.69, 9.17) is 5.73 Å². The van der Waals surface area contributed by atoms with Crippen LogP contribution in [0.5, 0.6) is 0 Å². The summed E-state index contributed by atoms with van der Waals surface area (Å²) < 4.78 is 1.95. The molecule has 4 heteroatoms. The molecular weight excluding hydrogens is 218 g/mol. The molecule has 3 rings (SSSR count). The first-order chi connectivity index (χ1) is 7.75. The average molecular weight is 229 g/mol. The first-order valence-corrected chi connectivity index (χ1v) is 5.87. The van der Waals surface area contributed by atoms with Gasteiger partial charge in [0.1, 0.15) is 11.5 Å². The molecule has 0 unspecified atom stereocenters. The SMILES string of the molecule is Cc1cn2c(N)c(-c3ccccc3)nc2s1. The highest BCUT2D eigenvalue weighted by Crippen LogP contribution is 2.29. The van der Waals surface area contributed by atoms with Gasteiger partial charge in [-0.1, -0.05) is 30.3 Å². The number of nitrogens with zero attached hydrogens (tertiary/aromatic N) is 2. The molecule has 2 aromatic heterocycles. The predicted molar refractivity (Wildman–Crippen MR) is 67.7 cm³/mol. The number of anilines is 1. The van der Waals surface area contributed by atoms with Crippen LogP contribution in [0.1, 0.15) is 4.88 Å². The second-order valence-corrected chi connectivity index (χ2v) is 4.92. The lowest BCUT2D eigenvalue weighted by molar-refractivity contribution is 1.23. The molecule has 0 aliphatic carbocycles. The molecule has 0 saturated heterocycles. The highest BCUT2D eigenvalue weighted by Gasteiger charge is 2.12. The van der Waals surface area contributed by atoms with E-state index in [1.807, 2.05) is 40.9 Å². The first-order valence-electron chi connectivity index (χ1n) is 5.05. The van der Waals surface area contributed by atoms with Crippen LogP contribution in [0.4, 0.5) is 5.82 Å². The van der Waals surface area contributed by atoms with Crippen molar-refractivity contribution in [2.24, 2.45) is 0 Å². The third kappa shape index (κ3) is 1.31. The Bertz CT molecular complexity index is 637. The van der Waals surface area contributed by atoms with Gasteiger partial charge in [-0.2, -0.15) is 0 Å². The Balaban J connectivity index is 2.25. The van der Waals surface area contributed by atoms with Gasteiger partial charge in [-0.3, -0.25) is 4.40 Å². The van der Waals surface area contributed by atoms with Crippen LogP contribution in [0.2, 0.25) is 0 Å². The molecule has 2 N–H and O–H groups in total. The van der Waals surface area contributed by atoms with Gasteiger partial charge in [-0.25, -0.2) is 4.98 Å². The molecule has 0 spiro atoms. The molecule has 0 amide bonds. The van der Waals surface area contributed by atoms with Crippen molar-refractivity contribution in [3.8, 4) is 11.3 Å². The zero-order chi connectivity index (χ0) is 11.1. The molecule has 3 aromatic rings. The van der Waals surface area contributed by atoms with Crippen LogP contribution in [0.3, 0.4) is 0 Å². The standard InChI is InChI=1S/C12H11N3S/c1-8-7-15-11(13)10(14-12(15)16-8)9-5-3-2-4-6-9/h2-7H,13H2,1H3. The number of imidazole rings is 1. The number of hydrogen-bond donors (Lipinski definition) is 1. The molecule has 0 atom stereocenters. The lowest BCUT2D eigenvalue weighted by atomic mass is 10.1. The van der Waals surface area contributed by atoms with Crippen molar-refractivity contribution >= 4 is 22.1 Å². The van der Waals surface area contributed by atoms with E-state index in [1.54, 1.807) is 11.3 Å². The Kier molecular flexibility index (Phi) is 1.97. The van der Waals surface area contributed by atoms with E-state index in [9.17, 15) is 0 Å². The Hall–Kier alpha value is -1.81. The zero-order valence-electron chi connectivity index (χ0n) is 8.84. The summed E-state index contributed by atoms with van der Waals surface area (Å²) in [5.74, 6) is 0.713. The van der Waals surface area contributed by atoms with Crippen LogP contribution >= 0.6 is 11.3 Å². The molecule has 0 bridgehead atoms.